The molecule has 4 heteroatoms. The molecule has 1 aliphatic heterocycles. The van der Waals surface area contributed by atoms with E-state index in [1.165, 1.54) is 0 Å². The highest BCUT2D eigenvalue weighted by atomic mass is 35.5. The van der Waals surface area contributed by atoms with E-state index in [-0.39, 0.29) is 11.8 Å². The van der Waals surface area contributed by atoms with Gasteiger partial charge in [-0.15, -0.1) is 0 Å². The maximum Gasteiger partial charge on any atom is 0.227 e. The summed E-state index contributed by atoms with van der Waals surface area (Å²) in [6.07, 6.45) is 0. The molecule has 1 aromatic carbocycles. The zero-order valence-electron chi connectivity index (χ0n) is 9.95. The second kappa shape index (κ2) is 5.52. The fraction of sp³-hybridized carbons (Fsp3) is 0.462. The van der Waals surface area contributed by atoms with Crippen LogP contribution in [0.3, 0.4) is 0 Å². The minimum Gasteiger partial charge on any atom is -0.337 e. The van der Waals surface area contributed by atoms with Gasteiger partial charge in [-0.2, -0.15) is 0 Å². The molecule has 1 amide bonds. The predicted octanol–water partition coefficient (Wildman–Crippen LogP) is 1.91. The number of rotatable bonds is 2. The Labute approximate surface area is 107 Å². The molecule has 0 radical (unpaired) electrons. The van der Waals surface area contributed by atoms with Gasteiger partial charge in [-0.1, -0.05) is 36.7 Å². The number of hydrogen-bond acceptors (Lipinski definition) is 2. The van der Waals surface area contributed by atoms with E-state index in [9.17, 15) is 4.79 Å². The SMILES string of the molecule is CC1CNCCN(Cc2ccccc2Cl)C1=O. The number of halogens is 1. The molecule has 0 aromatic heterocycles. The highest BCUT2D eigenvalue weighted by Crippen LogP contribution is 2.18. The molecule has 1 aromatic rings. The Kier molecular flexibility index (Phi) is 4.02. The Morgan fingerprint density at radius 3 is 3.00 bits per heavy atom. The van der Waals surface area contributed by atoms with Gasteiger partial charge in [0.25, 0.3) is 0 Å². The van der Waals surface area contributed by atoms with Crippen molar-refractivity contribution in [3.05, 3.63) is 34.9 Å². The van der Waals surface area contributed by atoms with Gasteiger partial charge >= 0.3 is 0 Å². The molecule has 1 atom stereocenters. The summed E-state index contributed by atoms with van der Waals surface area (Å²) in [5.74, 6) is 0.245. The van der Waals surface area contributed by atoms with Crippen LogP contribution in [0.4, 0.5) is 0 Å². The average Bonchev–Trinajstić information content (AvgIpc) is 2.47. The zero-order chi connectivity index (χ0) is 12.3. The summed E-state index contributed by atoms with van der Waals surface area (Å²) in [5, 5.41) is 3.99. The summed E-state index contributed by atoms with van der Waals surface area (Å²) < 4.78 is 0. The summed E-state index contributed by atoms with van der Waals surface area (Å²) in [5.41, 5.74) is 1.01. The molecule has 0 bridgehead atoms. The number of benzene rings is 1. The third kappa shape index (κ3) is 2.99. The predicted molar refractivity (Wildman–Crippen MR) is 68.9 cm³/mol. The van der Waals surface area contributed by atoms with Crippen LogP contribution in [0.1, 0.15) is 12.5 Å². The van der Waals surface area contributed by atoms with Gasteiger partial charge in [-0.05, 0) is 11.6 Å². The molecule has 0 spiro atoms. The summed E-state index contributed by atoms with van der Waals surface area (Å²) in [4.78, 5) is 14.0. The van der Waals surface area contributed by atoms with Crippen LogP contribution in [0.2, 0.25) is 5.02 Å². The van der Waals surface area contributed by atoms with Crippen molar-refractivity contribution >= 4 is 17.5 Å². The highest BCUT2D eigenvalue weighted by molar-refractivity contribution is 6.31. The van der Waals surface area contributed by atoms with Crippen LogP contribution in [-0.2, 0) is 11.3 Å². The molecule has 3 nitrogen and oxygen atoms in total. The molecule has 17 heavy (non-hydrogen) atoms. The van der Waals surface area contributed by atoms with Crippen LogP contribution < -0.4 is 5.32 Å². The summed E-state index contributed by atoms with van der Waals surface area (Å²) in [7, 11) is 0. The first-order valence-corrected chi connectivity index (χ1v) is 6.29. The lowest BCUT2D eigenvalue weighted by Crippen LogP contribution is -2.35. The smallest absolute Gasteiger partial charge is 0.227 e. The Balaban J connectivity index is 2.12. The number of nitrogens with zero attached hydrogens (tertiary/aromatic N) is 1. The summed E-state index contributed by atoms with van der Waals surface area (Å²) in [6, 6.07) is 7.69. The Morgan fingerprint density at radius 1 is 1.47 bits per heavy atom. The average molecular weight is 253 g/mol. The third-order valence-electron chi connectivity index (χ3n) is 3.06. The van der Waals surface area contributed by atoms with Gasteiger partial charge in [-0.25, -0.2) is 0 Å². The van der Waals surface area contributed by atoms with Crippen LogP contribution in [0.5, 0.6) is 0 Å². The molecule has 1 N–H and O–H groups in total. The van der Waals surface area contributed by atoms with Gasteiger partial charge in [0.2, 0.25) is 5.91 Å². The van der Waals surface area contributed by atoms with Crippen LogP contribution in [0.15, 0.2) is 24.3 Å². The first-order chi connectivity index (χ1) is 8.18. The second-order valence-electron chi connectivity index (χ2n) is 4.46. The number of carbonyl (C=O) groups is 1. The number of amides is 1. The van der Waals surface area contributed by atoms with Crippen LogP contribution >= 0.6 is 11.6 Å². The number of carbonyl (C=O) groups excluding carboxylic acids is 1. The maximum absolute atomic E-state index is 12.1. The molecular weight excluding hydrogens is 236 g/mol. The van der Waals surface area contributed by atoms with E-state index in [4.69, 9.17) is 11.6 Å². The second-order valence-corrected chi connectivity index (χ2v) is 4.86. The van der Waals surface area contributed by atoms with Crippen LogP contribution in [-0.4, -0.2) is 30.4 Å². The molecule has 1 aliphatic rings. The molecule has 1 unspecified atom stereocenters. The summed E-state index contributed by atoms with van der Waals surface area (Å²) in [6.45, 7) is 4.91. The van der Waals surface area contributed by atoms with E-state index in [2.05, 4.69) is 5.32 Å². The lowest BCUT2D eigenvalue weighted by Gasteiger charge is -2.22. The fourth-order valence-electron chi connectivity index (χ4n) is 2.03. The van der Waals surface area contributed by atoms with Crippen molar-refractivity contribution in [2.45, 2.75) is 13.5 Å². The van der Waals surface area contributed by atoms with Gasteiger partial charge < -0.3 is 10.2 Å². The molecule has 2 rings (SSSR count). The van der Waals surface area contributed by atoms with E-state index < -0.39 is 0 Å². The fourth-order valence-corrected chi connectivity index (χ4v) is 2.23. The third-order valence-corrected chi connectivity index (χ3v) is 3.43. The van der Waals surface area contributed by atoms with Crippen molar-refractivity contribution in [2.75, 3.05) is 19.6 Å². The van der Waals surface area contributed by atoms with Gasteiger partial charge in [0.1, 0.15) is 0 Å². The van der Waals surface area contributed by atoms with E-state index in [0.717, 1.165) is 30.2 Å². The highest BCUT2D eigenvalue weighted by Gasteiger charge is 2.23. The summed E-state index contributed by atoms with van der Waals surface area (Å²) >= 11 is 6.11. The van der Waals surface area contributed by atoms with E-state index >= 15 is 0 Å². The first kappa shape index (κ1) is 12.4. The van der Waals surface area contributed by atoms with E-state index in [1.54, 1.807) is 0 Å². The van der Waals surface area contributed by atoms with Crippen molar-refractivity contribution in [1.29, 1.82) is 0 Å². The van der Waals surface area contributed by atoms with Crippen molar-refractivity contribution < 1.29 is 4.79 Å². The lowest BCUT2D eigenvalue weighted by atomic mass is 10.1. The normalized spacial score (nSPS) is 21.4. The van der Waals surface area contributed by atoms with Gasteiger partial charge in [0, 0.05) is 37.1 Å². The zero-order valence-corrected chi connectivity index (χ0v) is 10.7. The largest absolute Gasteiger partial charge is 0.337 e. The molecule has 92 valence electrons. The number of hydrogen-bond donors (Lipinski definition) is 1. The van der Waals surface area contributed by atoms with Crippen molar-refractivity contribution in [3.8, 4) is 0 Å². The molecular formula is C13H17ClN2O. The van der Waals surface area contributed by atoms with E-state index in [0.29, 0.717) is 6.54 Å². The lowest BCUT2D eigenvalue weighted by molar-refractivity contribution is -0.134. The van der Waals surface area contributed by atoms with Crippen molar-refractivity contribution in [2.24, 2.45) is 5.92 Å². The minimum atomic E-state index is 0.0417. The van der Waals surface area contributed by atoms with Crippen molar-refractivity contribution in [1.82, 2.24) is 10.2 Å². The standard InChI is InChI=1S/C13H17ClN2O/c1-10-8-15-6-7-16(13(10)17)9-11-4-2-3-5-12(11)14/h2-5,10,15H,6-9H2,1H3. The quantitative estimate of drug-likeness (QED) is 0.872. The molecule has 1 heterocycles. The van der Waals surface area contributed by atoms with E-state index in [1.807, 2.05) is 36.1 Å². The Bertz CT molecular complexity index is 408. The molecule has 1 saturated heterocycles. The van der Waals surface area contributed by atoms with Gasteiger partial charge in [0.05, 0.1) is 0 Å². The topological polar surface area (TPSA) is 32.3 Å². The van der Waals surface area contributed by atoms with Gasteiger partial charge in [0.15, 0.2) is 0 Å². The van der Waals surface area contributed by atoms with Crippen LogP contribution in [0.25, 0.3) is 0 Å². The minimum absolute atomic E-state index is 0.0417. The molecule has 1 fully saturated rings. The number of nitrogens with one attached hydrogen (secondary N) is 1. The van der Waals surface area contributed by atoms with Crippen LogP contribution in [0, 0.1) is 5.92 Å². The maximum atomic E-state index is 12.1. The Hall–Kier alpha value is -1.06. The van der Waals surface area contributed by atoms with Crippen molar-refractivity contribution in [3.63, 3.8) is 0 Å². The monoisotopic (exact) mass is 252 g/mol. The Morgan fingerprint density at radius 2 is 2.24 bits per heavy atom. The molecule has 0 saturated carbocycles. The van der Waals surface area contributed by atoms with Gasteiger partial charge in [-0.3, -0.25) is 4.79 Å². The first-order valence-electron chi connectivity index (χ1n) is 5.91. The molecule has 0 aliphatic carbocycles.